The van der Waals surface area contributed by atoms with Crippen molar-refractivity contribution >= 4 is 0 Å². The van der Waals surface area contributed by atoms with Crippen molar-refractivity contribution in [2.75, 3.05) is 7.11 Å². The number of aliphatic hydroxyl groups is 1. The Labute approximate surface area is 166 Å². The number of nitrogens with zero attached hydrogens (tertiary/aromatic N) is 4. The van der Waals surface area contributed by atoms with E-state index < -0.39 is 0 Å². The molecule has 1 atom stereocenters. The molecule has 6 heteroatoms. The molecule has 1 unspecified atom stereocenters. The lowest BCUT2D eigenvalue weighted by molar-refractivity contribution is 0.139. The molecule has 0 amide bonds. The highest BCUT2D eigenvalue weighted by atomic mass is 16.5. The van der Waals surface area contributed by atoms with Crippen molar-refractivity contribution in [3.8, 4) is 17.0 Å². The van der Waals surface area contributed by atoms with Crippen LogP contribution in [0.15, 0.2) is 66.3 Å². The molecule has 0 bridgehead atoms. The molecule has 1 N–H and O–H groups in total. The summed E-state index contributed by atoms with van der Waals surface area (Å²) in [6.45, 7) is 13.0. The fourth-order valence-electron chi connectivity index (χ4n) is 3.35. The normalized spacial score (nSPS) is 15.9. The highest BCUT2D eigenvalue weighted by Crippen LogP contribution is 2.33. The predicted molar refractivity (Wildman–Crippen MR) is 111 cm³/mol. The number of hydrogen-bond acceptors (Lipinski definition) is 5. The van der Waals surface area contributed by atoms with E-state index in [9.17, 15) is 5.11 Å². The molecule has 0 saturated carbocycles. The van der Waals surface area contributed by atoms with Gasteiger partial charge in [0.25, 0.3) is 0 Å². The molecule has 0 spiro atoms. The van der Waals surface area contributed by atoms with Crippen molar-refractivity contribution < 1.29 is 9.84 Å². The zero-order valence-corrected chi connectivity index (χ0v) is 17.2. The van der Waals surface area contributed by atoms with Gasteiger partial charge in [-0.05, 0) is 32.1 Å². The first kappa shape index (κ1) is 19.7. The molecule has 1 aromatic carbocycles. The van der Waals surface area contributed by atoms with Gasteiger partial charge in [-0.25, -0.2) is 0 Å². The van der Waals surface area contributed by atoms with Gasteiger partial charge in [-0.15, -0.1) is 5.10 Å². The van der Waals surface area contributed by atoms with Crippen molar-refractivity contribution in [3.63, 3.8) is 0 Å². The van der Waals surface area contributed by atoms with E-state index in [1.54, 1.807) is 7.11 Å². The highest BCUT2D eigenvalue weighted by Gasteiger charge is 2.33. The monoisotopic (exact) mass is 380 g/mol. The van der Waals surface area contributed by atoms with E-state index in [4.69, 9.17) is 4.74 Å². The van der Waals surface area contributed by atoms with E-state index >= 15 is 0 Å². The van der Waals surface area contributed by atoms with Gasteiger partial charge in [0.05, 0.1) is 19.0 Å². The first-order valence-electron chi connectivity index (χ1n) is 9.33. The van der Waals surface area contributed by atoms with E-state index in [-0.39, 0.29) is 17.2 Å². The van der Waals surface area contributed by atoms with Gasteiger partial charge in [0.15, 0.2) is 0 Å². The molecule has 2 aromatic rings. The molecule has 0 aliphatic carbocycles. The molecule has 1 aromatic heterocycles. The van der Waals surface area contributed by atoms with Crippen LogP contribution in [-0.4, -0.2) is 38.2 Å². The van der Waals surface area contributed by atoms with Crippen LogP contribution < -0.4 is 4.74 Å². The maximum atomic E-state index is 10.2. The van der Waals surface area contributed by atoms with Gasteiger partial charge in [0.1, 0.15) is 17.2 Å². The second-order valence-electron chi connectivity index (χ2n) is 7.88. The van der Waals surface area contributed by atoms with Crippen molar-refractivity contribution in [2.24, 2.45) is 5.41 Å². The molecule has 148 valence electrons. The van der Waals surface area contributed by atoms with Crippen LogP contribution in [0.3, 0.4) is 0 Å². The van der Waals surface area contributed by atoms with Gasteiger partial charge in [-0.1, -0.05) is 37.8 Å². The Kier molecular flexibility index (Phi) is 5.31. The second-order valence-corrected chi connectivity index (χ2v) is 7.88. The average Bonchev–Trinajstić information content (AvgIpc) is 3.13. The Morgan fingerprint density at radius 2 is 2.07 bits per heavy atom. The lowest BCUT2D eigenvalue weighted by Crippen LogP contribution is -2.43. The summed E-state index contributed by atoms with van der Waals surface area (Å²) in [5.41, 5.74) is 3.09. The maximum Gasteiger partial charge on any atom is 0.141 e. The zero-order valence-electron chi connectivity index (χ0n) is 17.2. The number of aromatic nitrogens is 3. The molecule has 0 radical (unpaired) electrons. The van der Waals surface area contributed by atoms with Crippen molar-refractivity contribution in [1.82, 2.24) is 19.9 Å². The summed E-state index contributed by atoms with van der Waals surface area (Å²) < 4.78 is 7.16. The smallest absolute Gasteiger partial charge is 0.141 e. The summed E-state index contributed by atoms with van der Waals surface area (Å²) in [6, 6.07) is 7.92. The number of methoxy groups -OCH3 is 1. The molecular formula is C22H28N4O2. The lowest BCUT2D eigenvalue weighted by Gasteiger charge is -2.41. The second kappa shape index (κ2) is 7.54. The highest BCUT2D eigenvalue weighted by molar-refractivity contribution is 5.59. The van der Waals surface area contributed by atoms with Gasteiger partial charge >= 0.3 is 0 Å². The summed E-state index contributed by atoms with van der Waals surface area (Å²) in [5, 5.41) is 18.9. The fourth-order valence-corrected chi connectivity index (χ4v) is 3.35. The Morgan fingerprint density at radius 1 is 1.32 bits per heavy atom. The van der Waals surface area contributed by atoms with Crippen LogP contribution in [0, 0.1) is 5.41 Å². The third-order valence-corrected chi connectivity index (χ3v) is 5.49. The van der Waals surface area contributed by atoms with Crippen LogP contribution in [-0.2, 0) is 6.54 Å². The van der Waals surface area contributed by atoms with Gasteiger partial charge in [0, 0.05) is 35.3 Å². The number of aliphatic hydroxyl groups excluding tert-OH is 1. The fraction of sp³-hybridized carbons (Fsp3) is 0.364. The van der Waals surface area contributed by atoms with Crippen LogP contribution >= 0.6 is 0 Å². The molecule has 1 aliphatic rings. The first-order valence-corrected chi connectivity index (χ1v) is 9.33. The topological polar surface area (TPSA) is 63.4 Å². The minimum Gasteiger partial charge on any atom is -0.506 e. The minimum atomic E-state index is -0.135. The van der Waals surface area contributed by atoms with E-state index in [0.29, 0.717) is 12.1 Å². The Bertz CT molecular complexity index is 940. The number of allylic oxidation sites excluding steroid dienone is 2. The molecule has 1 aliphatic heterocycles. The van der Waals surface area contributed by atoms with Crippen LogP contribution in [0.4, 0.5) is 0 Å². The Morgan fingerprint density at radius 3 is 2.79 bits per heavy atom. The number of ether oxygens (including phenoxy) is 1. The van der Waals surface area contributed by atoms with Crippen molar-refractivity contribution in [3.05, 3.63) is 66.3 Å². The largest absolute Gasteiger partial charge is 0.506 e. The molecule has 0 saturated heterocycles. The number of rotatable bonds is 6. The third-order valence-electron chi connectivity index (χ3n) is 5.49. The van der Waals surface area contributed by atoms with Crippen LogP contribution in [0.5, 0.6) is 5.75 Å². The van der Waals surface area contributed by atoms with E-state index in [2.05, 4.69) is 42.6 Å². The van der Waals surface area contributed by atoms with E-state index in [1.165, 1.54) is 0 Å². The standard InChI is InChI=1S/C22H28N4O2/c1-15-10-11-26(16(2)21(15)27)17(3)22(4,5)14-25-13-20(23-24-25)18-8-7-9-19(12-18)28-6/h7-13,17,27H,1,14H2,2-6H3. The van der Waals surface area contributed by atoms with Crippen LogP contribution in [0.25, 0.3) is 11.3 Å². The zero-order chi connectivity index (χ0) is 20.5. The van der Waals surface area contributed by atoms with Gasteiger partial charge in [-0.3, -0.25) is 4.68 Å². The molecule has 3 rings (SSSR count). The van der Waals surface area contributed by atoms with Crippen LogP contribution in [0.1, 0.15) is 27.7 Å². The quantitative estimate of drug-likeness (QED) is 0.797. The molecule has 2 heterocycles. The molecule has 6 nitrogen and oxygen atoms in total. The third kappa shape index (κ3) is 3.81. The van der Waals surface area contributed by atoms with Crippen molar-refractivity contribution in [2.45, 2.75) is 40.3 Å². The van der Waals surface area contributed by atoms with Gasteiger partial charge in [0.2, 0.25) is 0 Å². The summed E-state index contributed by atoms with van der Waals surface area (Å²) >= 11 is 0. The summed E-state index contributed by atoms with van der Waals surface area (Å²) in [4.78, 5) is 2.09. The average molecular weight is 380 g/mol. The Hall–Kier alpha value is -3.02. The summed E-state index contributed by atoms with van der Waals surface area (Å²) in [7, 11) is 1.65. The van der Waals surface area contributed by atoms with E-state index in [0.717, 1.165) is 22.7 Å². The van der Waals surface area contributed by atoms with Gasteiger partial charge < -0.3 is 14.7 Å². The van der Waals surface area contributed by atoms with Crippen LogP contribution in [0.2, 0.25) is 0 Å². The number of benzene rings is 1. The Balaban J connectivity index is 1.78. The van der Waals surface area contributed by atoms with Crippen molar-refractivity contribution in [1.29, 1.82) is 0 Å². The predicted octanol–water partition coefficient (Wildman–Crippen LogP) is 4.54. The van der Waals surface area contributed by atoms with E-state index in [1.807, 2.05) is 54.3 Å². The molecule has 28 heavy (non-hydrogen) atoms. The maximum absolute atomic E-state index is 10.2. The lowest BCUT2D eigenvalue weighted by atomic mass is 9.83. The number of hydrogen-bond donors (Lipinski definition) is 1. The molecule has 0 fully saturated rings. The first-order chi connectivity index (χ1) is 13.2. The summed E-state index contributed by atoms with van der Waals surface area (Å²) in [5.74, 6) is 1.03. The van der Waals surface area contributed by atoms with Gasteiger partial charge in [-0.2, -0.15) is 0 Å². The summed E-state index contributed by atoms with van der Waals surface area (Å²) in [6.07, 6.45) is 5.77. The molecular weight excluding hydrogens is 352 g/mol. The SMILES string of the molecule is C=C1C=CN(C(C)C(C)(C)Cn2cc(-c3cccc(OC)c3)nn2)C(C)=C1O. The minimum absolute atomic E-state index is 0.128.